The number of nitrogens with one attached hydrogen (secondary N) is 1. The highest BCUT2D eigenvalue weighted by Gasteiger charge is 2.29. The minimum absolute atomic E-state index is 0.0221. The molecule has 1 aromatic carbocycles. The van der Waals surface area contributed by atoms with Crippen LogP contribution in [0.4, 0.5) is 10.3 Å². The number of anilines is 1. The maximum absolute atomic E-state index is 14.1. The second-order valence-corrected chi connectivity index (χ2v) is 5.49. The van der Waals surface area contributed by atoms with Gasteiger partial charge in [0.15, 0.2) is 5.82 Å². The van der Waals surface area contributed by atoms with E-state index >= 15 is 0 Å². The Bertz CT molecular complexity index is 651. The van der Waals surface area contributed by atoms with Crippen molar-refractivity contribution in [1.29, 1.82) is 0 Å². The molecule has 1 saturated heterocycles. The molecule has 1 fully saturated rings. The van der Waals surface area contributed by atoms with E-state index in [0.717, 1.165) is 32.4 Å². The van der Waals surface area contributed by atoms with Gasteiger partial charge in [-0.1, -0.05) is 18.2 Å². The van der Waals surface area contributed by atoms with Gasteiger partial charge >= 0.3 is 0 Å². The molecular formula is C15H17FN4O. The van der Waals surface area contributed by atoms with Gasteiger partial charge in [0.2, 0.25) is 5.95 Å². The SMILES string of the molecule is Fc1ccccc1C1CCNc2nc(C3CCCO3)nn21. The number of ether oxygens (including phenoxy) is 1. The highest BCUT2D eigenvalue weighted by molar-refractivity contribution is 5.33. The second-order valence-electron chi connectivity index (χ2n) is 5.49. The third-order valence-corrected chi connectivity index (χ3v) is 4.13. The molecule has 0 amide bonds. The fourth-order valence-corrected chi connectivity index (χ4v) is 3.07. The zero-order valence-electron chi connectivity index (χ0n) is 11.6. The second kappa shape index (κ2) is 5.11. The van der Waals surface area contributed by atoms with Crippen molar-refractivity contribution in [2.75, 3.05) is 18.5 Å². The maximum Gasteiger partial charge on any atom is 0.222 e. The van der Waals surface area contributed by atoms with Gasteiger partial charge in [-0.2, -0.15) is 10.1 Å². The van der Waals surface area contributed by atoms with Crippen LogP contribution in [0.25, 0.3) is 0 Å². The van der Waals surface area contributed by atoms with Crippen molar-refractivity contribution in [3.8, 4) is 0 Å². The van der Waals surface area contributed by atoms with Gasteiger partial charge in [0.05, 0.1) is 6.04 Å². The number of halogens is 1. The first-order valence-corrected chi connectivity index (χ1v) is 7.39. The molecule has 1 aromatic heterocycles. The number of aromatic nitrogens is 3. The van der Waals surface area contributed by atoms with Crippen LogP contribution in [0, 0.1) is 5.82 Å². The quantitative estimate of drug-likeness (QED) is 0.923. The highest BCUT2D eigenvalue weighted by atomic mass is 19.1. The van der Waals surface area contributed by atoms with Crippen LogP contribution in [0.5, 0.6) is 0 Å². The van der Waals surface area contributed by atoms with E-state index in [4.69, 9.17) is 4.74 Å². The molecule has 0 saturated carbocycles. The Morgan fingerprint density at radius 3 is 3.00 bits per heavy atom. The standard InChI is InChI=1S/C15H17FN4O/c16-11-5-2-1-4-10(11)12-7-8-17-15-18-14(19-20(12)15)13-6-3-9-21-13/h1-2,4-5,12-13H,3,6-9H2,(H,17,18,19). The van der Waals surface area contributed by atoms with Gasteiger partial charge in [0.25, 0.3) is 0 Å². The predicted molar refractivity (Wildman–Crippen MR) is 75.6 cm³/mol. The summed E-state index contributed by atoms with van der Waals surface area (Å²) in [5, 5.41) is 7.82. The normalized spacial score (nSPS) is 24.6. The minimum Gasteiger partial charge on any atom is -0.370 e. The van der Waals surface area contributed by atoms with Gasteiger partial charge in [-0.25, -0.2) is 9.07 Å². The molecule has 110 valence electrons. The molecule has 4 rings (SSSR count). The molecule has 3 heterocycles. The van der Waals surface area contributed by atoms with Crippen LogP contribution >= 0.6 is 0 Å². The first kappa shape index (κ1) is 12.8. The van der Waals surface area contributed by atoms with Crippen molar-refractivity contribution in [3.05, 3.63) is 41.5 Å². The predicted octanol–water partition coefficient (Wildman–Crippen LogP) is 2.67. The molecule has 6 heteroatoms. The lowest BCUT2D eigenvalue weighted by Crippen LogP contribution is -2.25. The molecular weight excluding hydrogens is 271 g/mol. The van der Waals surface area contributed by atoms with Crippen molar-refractivity contribution in [2.45, 2.75) is 31.4 Å². The number of fused-ring (bicyclic) bond motifs is 1. The van der Waals surface area contributed by atoms with E-state index in [1.165, 1.54) is 6.07 Å². The largest absolute Gasteiger partial charge is 0.370 e. The summed E-state index contributed by atoms with van der Waals surface area (Å²) in [4.78, 5) is 4.53. The van der Waals surface area contributed by atoms with E-state index in [1.807, 2.05) is 12.1 Å². The topological polar surface area (TPSA) is 52.0 Å². The van der Waals surface area contributed by atoms with Gasteiger partial charge in [0, 0.05) is 18.7 Å². The van der Waals surface area contributed by atoms with Crippen molar-refractivity contribution in [2.24, 2.45) is 0 Å². The number of hydrogen-bond donors (Lipinski definition) is 1. The van der Waals surface area contributed by atoms with Crippen molar-refractivity contribution < 1.29 is 9.13 Å². The van der Waals surface area contributed by atoms with Gasteiger partial charge in [-0.05, 0) is 25.3 Å². The van der Waals surface area contributed by atoms with Crippen LogP contribution in [0.2, 0.25) is 0 Å². The van der Waals surface area contributed by atoms with Crippen LogP contribution in [0.15, 0.2) is 24.3 Å². The van der Waals surface area contributed by atoms with Gasteiger partial charge in [-0.3, -0.25) is 0 Å². The van der Waals surface area contributed by atoms with Crippen LogP contribution in [-0.4, -0.2) is 27.9 Å². The molecule has 0 bridgehead atoms. The van der Waals surface area contributed by atoms with E-state index in [2.05, 4.69) is 15.4 Å². The fraction of sp³-hybridized carbons (Fsp3) is 0.467. The molecule has 0 aliphatic carbocycles. The van der Waals surface area contributed by atoms with E-state index in [1.54, 1.807) is 10.7 Å². The minimum atomic E-state index is -0.190. The van der Waals surface area contributed by atoms with Crippen molar-refractivity contribution >= 4 is 5.95 Å². The summed E-state index contributed by atoms with van der Waals surface area (Å²) >= 11 is 0. The highest BCUT2D eigenvalue weighted by Crippen LogP contribution is 2.33. The monoisotopic (exact) mass is 288 g/mol. The maximum atomic E-state index is 14.1. The number of rotatable bonds is 2. The summed E-state index contributed by atoms with van der Waals surface area (Å²) in [6.07, 6.45) is 2.76. The Morgan fingerprint density at radius 2 is 2.19 bits per heavy atom. The molecule has 21 heavy (non-hydrogen) atoms. The van der Waals surface area contributed by atoms with Crippen LogP contribution in [0.3, 0.4) is 0 Å². The molecule has 5 nitrogen and oxygen atoms in total. The summed E-state index contributed by atoms with van der Waals surface area (Å²) in [6.45, 7) is 1.53. The third kappa shape index (κ3) is 2.19. The van der Waals surface area contributed by atoms with Crippen molar-refractivity contribution in [3.63, 3.8) is 0 Å². The third-order valence-electron chi connectivity index (χ3n) is 4.13. The molecule has 0 spiro atoms. The van der Waals surface area contributed by atoms with E-state index in [-0.39, 0.29) is 18.0 Å². The fourth-order valence-electron chi connectivity index (χ4n) is 3.07. The molecule has 1 N–H and O–H groups in total. The summed E-state index contributed by atoms with van der Waals surface area (Å²) in [6, 6.07) is 6.78. The summed E-state index contributed by atoms with van der Waals surface area (Å²) in [5.74, 6) is 1.22. The van der Waals surface area contributed by atoms with Gasteiger partial charge < -0.3 is 10.1 Å². The van der Waals surface area contributed by atoms with Gasteiger partial charge in [0.1, 0.15) is 11.9 Å². The first-order chi connectivity index (χ1) is 10.3. The molecule has 2 atom stereocenters. The van der Waals surface area contributed by atoms with E-state index < -0.39 is 0 Å². The van der Waals surface area contributed by atoms with Crippen molar-refractivity contribution in [1.82, 2.24) is 14.8 Å². The lowest BCUT2D eigenvalue weighted by atomic mass is 10.0. The lowest BCUT2D eigenvalue weighted by molar-refractivity contribution is 0.105. The number of hydrogen-bond acceptors (Lipinski definition) is 4. The Hall–Kier alpha value is -1.95. The Kier molecular flexibility index (Phi) is 3.11. The number of benzene rings is 1. The van der Waals surface area contributed by atoms with Gasteiger partial charge in [-0.15, -0.1) is 0 Å². The number of nitrogens with zero attached hydrogens (tertiary/aromatic N) is 3. The Labute approximate surface area is 122 Å². The lowest BCUT2D eigenvalue weighted by Gasteiger charge is -2.24. The van der Waals surface area contributed by atoms with Crippen LogP contribution in [0.1, 0.15) is 42.8 Å². The average molecular weight is 288 g/mol. The zero-order valence-corrected chi connectivity index (χ0v) is 11.6. The molecule has 2 aliphatic rings. The summed E-state index contributed by atoms with van der Waals surface area (Å²) < 4.78 is 21.5. The smallest absolute Gasteiger partial charge is 0.222 e. The summed E-state index contributed by atoms with van der Waals surface area (Å²) in [5.41, 5.74) is 0.670. The molecule has 2 unspecified atom stereocenters. The first-order valence-electron chi connectivity index (χ1n) is 7.39. The van der Waals surface area contributed by atoms with E-state index in [9.17, 15) is 4.39 Å². The zero-order chi connectivity index (χ0) is 14.2. The Balaban J connectivity index is 1.72. The average Bonchev–Trinajstić information content (AvgIpc) is 3.16. The molecule has 2 aromatic rings. The summed E-state index contributed by atoms with van der Waals surface area (Å²) in [7, 11) is 0. The van der Waals surface area contributed by atoms with E-state index in [0.29, 0.717) is 17.3 Å². The van der Waals surface area contributed by atoms with Crippen LogP contribution in [-0.2, 0) is 4.74 Å². The Morgan fingerprint density at radius 1 is 1.29 bits per heavy atom. The van der Waals surface area contributed by atoms with Crippen LogP contribution < -0.4 is 5.32 Å². The molecule has 0 radical (unpaired) electrons. The molecule has 2 aliphatic heterocycles.